The van der Waals surface area contributed by atoms with Crippen LogP contribution in [0.2, 0.25) is 5.32 Å². The summed E-state index contributed by atoms with van der Waals surface area (Å²) in [5.41, 5.74) is 2.63. The maximum absolute atomic E-state index is 6.03. The van der Waals surface area contributed by atoms with Gasteiger partial charge in [-0.1, -0.05) is 0 Å². The molecule has 0 atom stereocenters. The Hall–Kier alpha value is -1.15. The van der Waals surface area contributed by atoms with E-state index >= 15 is 0 Å². The Morgan fingerprint density at radius 1 is 1.13 bits per heavy atom. The van der Waals surface area contributed by atoms with Crippen LogP contribution in [0.15, 0.2) is 58.3 Å². The summed E-state index contributed by atoms with van der Waals surface area (Å²) in [6.45, 7) is 5.14. The van der Waals surface area contributed by atoms with Crippen molar-refractivity contribution >= 4 is 31.2 Å². The number of ether oxygens (including phenoxy) is 1. The van der Waals surface area contributed by atoms with Gasteiger partial charge in [0, 0.05) is 0 Å². The predicted molar refractivity (Wildman–Crippen MR) is 101 cm³/mol. The average molecular weight is 389 g/mol. The Balaban J connectivity index is 1.94. The first-order chi connectivity index (χ1) is 11.3. The topological polar surface area (TPSA) is 9.23 Å². The van der Waals surface area contributed by atoms with Crippen molar-refractivity contribution in [1.82, 2.24) is 0 Å². The van der Waals surface area contributed by atoms with E-state index in [-0.39, 0.29) is 0 Å². The van der Waals surface area contributed by atoms with Crippen molar-refractivity contribution in [3.05, 3.63) is 64.6 Å². The molecule has 1 aliphatic heterocycles. The Labute approximate surface area is 149 Å². The van der Waals surface area contributed by atoms with Crippen molar-refractivity contribution in [2.24, 2.45) is 0 Å². The molecule has 120 valence electrons. The van der Waals surface area contributed by atoms with E-state index in [1.54, 1.807) is 4.47 Å². The van der Waals surface area contributed by atoms with Crippen LogP contribution in [0.25, 0.3) is 4.47 Å². The normalized spacial score (nSPS) is 13.7. The standard InChI is InChI=1S/C20H22OSSe/c1-3-4-12-23-20-17-13-15(2)10-11-18(17)21-14-19(20)22-16-8-6-5-7-9-16/h5-11,13H,3-4,12,14H2,1-2H3. The Morgan fingerprint density at radius 2 is 1.96 bits per heavy atom. The van der Waals surface area contributed by atoms with Gasteiger partial charge in [0.25, 0.3) is 0 Å². The van der Waals surface area contributed by atoms with Gasteiger partial charge in [0.2, 0.25) is 0 Å². The molecule has 0 saturated heterocycles. The fourth-order valence-electron chi connectivity index (χ4n) is 2.49. The number of benzene rings is 2. The van der Waals surface area contributed by atoms with Crippen LogP contribution in [0, 0.1) is 6.92 Å². The molecule has 23 heavy (non-hydrogen) atoms. The van der Waals surface area contributed by atoms with E-state index in [1.807, 2.05) is 11.8 Å². The van der Waals surface area contributed by atoms with Crippen LogP contribution in [0.3, 0.4) is 0 Å². The fourth-order valence-corrected chi connectivity index (χ4v) is 6.42. The molecule has 2 aromatic carbocycles. The molecule has 0 aliphatic carbocycles. The second-order valence-corrected chi connectivity index (χ2v) is 9.14. The minimum atomic E-state index is 0.513. The van der Waals surface area contributed by atoms with E-state index in [1.165, 1.54) is 39.1 Å². The molecule has 0 saturated carbocycles. The number of hydrogen-bond donors (Lipinski definition) is 0. The third-order valence-corrected chi connectivity index (χ3v) is 7.71. The van der Waals surface area contributed by atoms with Crippen molar-refractivity contribution in [1.29, 1.82) is 0 Å². The molecule has 1 nitrogen and oxygen atoms in total. The van der Waals surface area contributed by atoms with E-state index in [0.717, 1.165) is 5.75 Å². The summed E-state index contributed by atoms with van der Waals surface area (Å²) < 4.78 is 7.58. The van der Waals surface area contributed by atoms with Gasteiger partial charge in [-0.15, -0.1) is 0 Å². The number of thioether (sulfide) groups is 1. The van der Waals surface area contributed by atoms with Crippen molar-refractivity contribution < 1.29 is 4.74 Å². The molecular weight excluding hydrogens is 367 g/mol. The van der Waals surface area contributed by atoms with Crippen LogP contribution in [0.1, 0.15) is 30.9 Å². The predicted octanol–water partition coefficient (Wildman–Crippen LogP) is 5.77. The van der Waals surface area contributed by atoms with Gasteiger partial charge in [0.1, 0.15) is 0 Å². The third-order valence-electron chi connectivity index (χ3n) is 3.72. The van der Waals surface area contributed by atoms with E-state index in [4.69, 9.17) is 4.74 Å². The van der Waals surface area contributed by atoms with E-state index < -0.39 is 0 Å². The molecule has 0 N–H and O–H groups in total. The van der Waals surface area contributed by atoms with Gasteiger partial charge < -0.3 is 0 Å². The number of fused-ring (bicyclic) bond motifs is 1. The van der Waals surface area contributed by atoms with E-state index in [0.29, 0.717) is 21.6 Å². The molecule has 3 rings (SSSR count). The average Bonchev–Trinajstić information content (AvgIpc) is 2.57. The molecular formula is C20H22OSSe. The van der Waals surface area contributed by atoms with Crippen molar-refractivity contribution in [2.75, 3.05) is 6.61 Å². The van der Waals surface area contributed by atoms with Gasteiger partial charge >= 0.3 is 150 Å². The second kappa shape index (κ2) is 8.10. The summed E-state index contributed by atoms with van der Waals surface area (Å²) in [7, 11) is 0. The van der Waals surface area contributed by atoms with Crippen molar-refractivity contribution in [3.63, 3.8) is 0 Å². The summed E-state index contributed by atoms with van der Waals surface area (Å²) in [5, 5.41) is 1.31. The number of aryl methyl sites for hydroxylation is 1. The summed E-state index contributed by atoms with van der Waals surface area (Å²) in [4.78, 5) is 2.69. The SMILES string of the molecule is CCCC[Se]C1=C(Sc2ccccc2)COc2ccc(C)cc21. The van der Waals surface area contributed by atoms with Crippen LogP contribution >= 0.6 is 11.8 Å². The first kappa shape index (κ1) is 16.7. The van der Waals surface area contributed by atoms with Crippen LogP contribution < -0.4 is 4.74 Å². The Kier molecular flexibility index (Phi) is 5.88. The maximum atomic E-state index is 6.03. The summed E-state index contributed by atoms with van der Waals surface area (Å²) in [5.74, 6) is 1.06. The van der Waals surface area contributed by atoms with E-state index in [2.05, 4.69) is 62.4 Å². The Bertz CT molecular complexity index is 694. The Morgan fingerprint density at radius 3 is 2.74 bits per heavy atom. The fraction of sp³-hybridized carbons (Fsp3) is 0.300. The van der Waals surface area contributed by atoms with Gasteiger partial charge in [-0.25, -0.2) is 0 Å². The van der Waals surface area contributed by atoms with Gasteiger partial charge in [-0.2, -0.15) is 0 Å². The second-order valence-electron chi connectivity index (χ2n) is 5.66. The van der Waals surface area contributed by atoms with Crippen LogP contribution in [-0.2, 0) is 0 Å². The third kappa shape index (κ3) is 4.23. The molecule has 2 aromatic rings. The summed E-state index contributed by atoms with van der Waals surface area (Å²) in [6.07, 6.45) is 2.59. The van der Waals surface area contributed by atoms with Gasteiger partial charge in [0.15, 0.2) is 0 Å². The summed E-state index contributed by atoms with van der Waals surface area (Å²) in [6, 6.07) is 17.2. The van der Waals surface area contributed by atoms with Crippen molar-refractivity contribution in [2.45, 2.75) is 36.9 Å². The molecule has 1 aliphatic rings. The van der Waals surface area contributed by atoms with Gasteiger partial charge in [0.05, 0.1) is 0 Å². The molecule has 0 amide bonds. The number of hydrogen-bond acceptors (Lipinski definition) is 2. The van der Waals surface area contributed by atoms with Gasteiger partial charge in [-0.05, 0) is 0 Å². The van der Waals surface area contributed by atoms with Crippen molar-refractivity contribution in [3.8, 4) is 5.75 Å². The van der Waals surface area contributed by atoms with E-state index in [9.17, 15) is 0 Å². The first-order valence-corrected chi connectivity index (χ1v) is 11.0. The molecule has 0 spiro atoms. The molecule has 0 bridgehead atoms. The van der Waals surface area contributed by atoms with Crippen LogP contribution in [-0.4, -0.2) is 21.6 Å². The molecule has 3 heteroatoms. The monoisotopic (exact) mass is 390 g/mol. The molecule has 1 heterocycles. The molecule has 0 fully saturated rings. The van der Waals surface area contributed by atoms with Gasteiger partial charge in [-0.3, -0.25) is 0 Å². The quantitative estimate of drug-likeness (QED) is 0.458. The minimum absolute atomic E-state index is 0.513. The first-order valence-electron chi connectivity index (χ1n) is 8.10. The van der Waals surface area contributed by atoms with Crippen LogP contribution in [0.4, 0.5) is 0 Å². The number of unbranched alkanes of at least 4 members (excludes halogenated alkanes) is 1. The zero-order valence-electron chi connectivity index (χ0n) is 13.7. The van der Waals surface area contributed by atoms with Crippen LogP contribution in [0.5, 0.6) is 5.75 Å². The molecule has 0 radical (unpaired) electrons. The summed E-state index contributed by atoms with van der Waals surface area (Å²) >= 11 is 2.38. The zero-order chi connectivity index (χ0) is 16.1. The molecule has 0 unspecified atom stereocenters. The molecule has 0 aromatic heterocycles. The zero-order valence-corrected chi connectivity index (χ0v) is 16.2. The number of rotatable bonds is 6.